The molecule has 0 aliphatic heterocycles. The molecule has 0 spiro atoms. The number of benzene rings is 1. The third-order valence-corrected chi connectivity index (χ3v) is 1.70. The second kappa shape index (κ2) is 4.94. The van der Waals surface area contributed by atoms with Gasteiger partial charge < -0.3 is 19.4 Å². The van der Waals surface area contributed by atoms with E-state index in [4.69, 9.17) is 4.74 Å². The van der Waals surface area contributed by atoms with E-state index in [-0.39, 0.29) is 5.75 Å². The van der Waals surface area contributed by atoms with Gasteiger partial charge in [-0.25, -0.2) is 0 Å². The summed E-state index contributed by atoms with van der Waals surface area (Å²) < 4.78 is 43.9. The van der Waals surface area contributed by atoms with Gasteiger partial charge >= 0.3 is 6.36 Å². The summed E-state index contributed by atoms with van der Waals surface area (Å²) in [6.07, 6.45) is -5.95. The van der Waals surface area contributed by atoms with E-state index in [0.29, 0.717) is 0 Å². The summed E-state index contributed by atoms with van der Waals surface area (Å²) in [6.45, 7) is 1.25. The van der Waals surface area contributed by atoms with E-state index >= 15 is 0 Å². The van der Waals surface area contributed by atoms with E-state index < -0.39 is 24.2 Å². The minimum atomic E-state index is -4.76. The van der Waals surface area contributed by atoms with Crippen molar-refractivity contribution in [3.8, 4) is 11.5 Å². The van der Waals surface area contributed by atoms with Gasteiger partial charge in [0.15, 0.2) is 0 Å². The number of hydrogen-bond acceptors (Lipinski definition) is 4. The lowest BCUT2D eigenvalue weighted by Gasteiger charge is -2.15. The molecular weight excluding hydrogens is 241 g/mol. The van der Waals surface area contributed by atoms with E-state index in [9.17, 15) is 23.1 Å². The maximum Gasteiger partial charge on any atom is 0.573 e. The number of carbonyl (C=O) groups excluding carboxylic acids is 1. The molecule has 1 atom stereocenters. The molecule has 0 radical (unpaired) electrons. The minimum Gasteiger partial charge on any atom is -0.546 e. The Morgan fingerprint density at radius 2 is 1.71 bits per heavy atom. The van der Waals surface area contributed by atoms with Crippen molar-refractivity contribution in [1.29, 1.82) is 0 Å². The number of aliphatic carboxylic acids is 1. The van der Waals surface area contributed by atoms with Gasteiger partial charge in [-0.05, 0) is 31.2 Å². The molecule has 0 unspecified atom stereocenters. The molecule has 7 heteroatoms. The molecule has 1 aromatic rings. The van der Waals surface area contributed by atoms with Crippen LogP contribution in [0, 0.1) is 0 Å². The molecule has 17 heavy (non-hydrogen) atoms. The normalized spacial score (nSPS) is 12.9. The molecule has 0 saturated heterocycles. The summed E-state index contributed by atoms with van der Waals surface area (Å²) in [7, 11) is 0. The molecule has 0 aliphatic rings. The van der Waals surface area contributed by atoms with Crippen molar-refractivity contribution in [3.63, 3.8) is 0 Å². The first kappa shape index (κ1) is 13.1. The number of carbonyl (C=O) groups is 1. The summed E-state index contributed by atoms with van der Waals surface area (Å²) >= 11 is 0. The Morgan fingerprint density at radius 3 is 2.12 bits per heavy atom. The van der Waals surface area contributed by atoms with Crippen molar-refractivity contribution >= 4 is 5.97 Å². The minimum absolute atomic E-state index is 0.108. The van der Waals surface area contributed by atoms with Gasteiger partial charge in [-0.1, -0.05) is 0 Å². The highest BCUT2D eigenvalue weighted by atomic mass is 19.4. The van der Waals surface area contributed by atoms with Crippen LogP contribution in [0.15, 0.2) is 24.3 Å². The van der Waals surface area contributed by atoms with Gasteiger partial charge in [0.25, 0.3) is 0 Å². The number of halogens is 3. The van der Waals surface area contributed by atoms with Crippen LogP contribution in [-0.2, 0) is 4.79 Å². The van der Waals surface area contributed by atoms with Crippen LogP contribution in [0.25, 0.3) is 0 Å². The third-order valence-electron chi connectivity index (χ3n) is 1.70. The third kappa shape index (κ3) is 4.62. The SMILES string of the molecule is C[C@@H](Oc1ccc(OC(F)(F)F)cc1)C(=O)[O-]. The summed E-state index contributed by atoms with van der Waals surface area (Å²) in [4.78, 5) is 10.3. The molecule has 1 rings (SSSR count). The largest absolute Gasteiger partial charge is 0.573 e. The molecule has 0 N–H and O–H groups in total. The first-order valence-corrected chi connectivity index (χ1v) is 4.51. The van der Waals surface area contributed by atoms with Crippen LogP contribution >= 0.6 is 0 Å². The Morgan fingerprint density at radius 1 is 1.24 bits per heavy atom. The van der Waals surface area contributed by atoms with Gasteiger partial charge in [-0.2, -0.15) is 0 Å². The summed E-state index contributed by atoms with van der Waals surface area (Å²) in [5, 5.41) is 10.3. The number of rotatable bonds is 4. The fourth-order valence-electron chi connectivity index (χ4n) is 0.972. The molecule has 0 aromatic heterocycles. The lowest BCUT2D eigenvalue weighted by molar-refractivity contribution is -0.312. The number of ether oxygens (including phenoxy) is 2. The maximum atomic E-state index is 11.8. The van der Waals surface area contributed by atoms with E-state index in [1.165, 1.54) is 19.1 Å². The van der Waals surface area contributed by atoms with Crippen molar-refractivity contribution in [2.75, 3.05) is 0 Å². The summed E-state index contributed by atoms with van der Waals surface area (Å²) in [5.41, 5.74) is 0. The van der Waals surface area contributed by atoms with Crippen molar-refractivity contribution in [2.24, 2.45) is 0 Å². The van der Waals surface area contributed by atoms with Crippen molar-refractivity contribution in [1.82, 2.24) is 0 Å². The van der Waals surface area contributed by atoms with Crippen LogP contribution in [0.1, 0.15) is 6.92 Å². The monoisotopic (exact) mass is 249 g/mol. The Labute approximate surface area is 94.6 Å². The highest BCUT2D eigenvalue weighted by Crippen LogP contribution is 2.24. The standard InChI is InChI=1S/C10H9F3O4/c1-6(9(14)15)16-7-2-4-8(5-3-7)17-10(11,12)13/h2-6H,1H3,(H,14,15)/p-1/t6-/m1/s1. The fourth-order valence-corrected chi connectivity index (χ4v) is 0.972. The quantitative estimate of drug-likeness (QED) is 0.801. The van der Waals surface area contributed by atoms with Crippen molar-refractivity contribution < 1.29 is 32.5 Å². The van der Waals surface area contributed by atoms with Crippen molar-refractivity contribution in [3.05, 3.63) is 24.3 Å². The zero-order chi connectivity index (χ0) is 13.1. The zero-order valence-corrected chi connectivity index (χ0v) is 8.65. The van der Waals surface area contributed by atoms with Crippen LogP contribution in [0.3, 0.4) is 0 Å². The van der Waals surface area contributed by atoms with E-state index in [1.807, 2.05) is 0 Å². The smallest absolute Gasteiger partial charge is 0.546 e. The Bertz CT molecular complexity index is 386. The Kier molecular flexibility index (Phi) is 3.82. The van der Waals surface area contributed by atoms with E-state index in [0.717, 1.165) is 12.1 Å². The molecule has 0 fully saturated rings. The average molecular weight is 249 g/mol. The molecular formula is C10H8F3O4-. The van der Waals surface area contributed by atoms with Crippen LogP contribution in [0.4, 0.5) is 13.2 Å². The molecule has 0 amide bonds. The van der Waals surface area contributed by atoms with Crippen LogP contribution in [0.2, 0.25) is 0 Å². The second-order valence-corrected chi connectivity index (χ2v) is 3.10. The van der Waals surface area contributed by atoms with Crippen LogP contribution in [-0.4, -0.2) is 18.4 Å². The first-order valence-electron chi connectivity index (χ1n) is 4.51. The number of hydrogen-bond donors (Lipinski definition) is 0. The Balaban J connectivity index is 2.65. The molecule has 0 bridgehead atoms. The Hall–Kier alpha value is -1.92. The zero-order valence-electron chi connectivity index (χ0n) is 8.65. The predicted octanol–water partition coefficient (Wildman–Crippen LogP) is 1.10. The van der Waals surface area contributed by atoms with Gasteiger partial charge in [0.05, 0.1) is 5.97 Å². The van der Waals surface area contributed by atoms with Gasteiger partial charge in [0.2, 0.25) is 0 Å². The highest BCUT2D eigenvalue weighted by molar-refractivity contribution is 5.69. The van der Waals surface area contributed by atoms with E-state index in [1.54, 1.807) is 0 Å². The lowest BCUT2D eigenvalue weighted by atomic mass is 10.3. The maximum absolute atomic E-state index is 11.8. The molecule has 94 valence electrons. The van der Waals surface area contributed by atoms with Crippen LogP contribution < -0.4 is 14.6 Å². The molecule has 1 aromatic carbocycles. The van der Waals surface area contributed by atoms with Gasteiger partial charge in [0, 0.05) is 0 Å². The average Bonchev–Trinajstić information content (AvgIpc) is 2.18. The first-order chi connectivity index (χ1) is 7.78. The second-order valence-electron chi connectivity index (χ2n) is 3.10. The highest BCUT2D eigenvalue weighted by Gasteiger charge is 2.30. The topological polar surface area (TPSA) is 58.6 Å². The summed E-state index contributed by atoms with van der Waals surface area (Å²) in [6, 6.07) is 4.37. The molecule has 0 saturated carbocycles. The number of carboxylic acids is 1. The van der Waals surface area contributed by atoms with Crippen molar-refractivity contribution in [2.45, 2.75) is 19.4 Å². The van der Waals surface area contributed by atoms with Gasteiger partial charge in [0.1, 0.15) is 17.6 Å². The van der Waals surface area contributed by atoms with Gasteiger partial charge in [-0.15, -0.1) is 13.2 Å². The number of carboxylic acid groups (broad SMARTS) is 1. The molecule has 4 nitrogen and oxygen atoms in total. The molecule has 0 heterocycles. The summed E-state index contributed by atoms with van der Waals surface area (Å²) in [5.74, 6) is -1.72. The molecule has 0 aliphatic carbocycles. The van der Waals surface area contributed by atoms with Gasteiger partial charge in [-0.3, -0.25) is 0 Å². The number of alkyl halides is 3. The lowest BCUT2D eigenvalue weighted by Crippen LogP contribution is -2.37. The fraction of sp³-hybridized carbons (Fsp3) is 0.300. The van der Waals surface area contributed by atoms with Crippen LogP contribution in [0.5, 0.6) is 11.5 Å². The van der Waals surface area contributed by atoms with E-state index in [2.05, 4.69) is 4.74 Å². The predicted molar refractivity (Wildman–Crippen MR) is 48.2 cm³/mol.